The highest BCUT2D eigenvalue weighted by Gasteiger charge is 2.55. The molecule has 4 amide bonds. The van der Waals surface area contributed by atoms with Gasteiger partial charge in [-0.05, 0) is 18.6 Å². The summed E-state index contributed by atoms with van der Waals surface area (Å²) in [6.45, 7) is 0. The van der Waals surface area contributed by atoms with E-state index in [9.17, 15) is 14.4 Å². The largest absolute Gasteiger partial charge is 0.353 e. The van der Waals surface area contributed by atoms with Crippen LogP contribution in [-0.4, -0.2) is 35.2 Å². The van der Waals surface area contributed by atoms with Crippen LogP contribution in [0.2, 0.25) is 0 Å². The van der Waals surface area contributed by atoms with Gasteiger partial charge in [0.15, 0.2) is 0 Å². The van der Waals surface area contributed by atoms with Crippen LogP contribution < -0.4 is 16.0 Å². The molecule has 2 aliphatic rings. The molecule has 1 aliphatic heterocycles. The second-order valence-electron chi connectivity index (χ2n) is 4.14. The molecule has 2 fully saturated rings. The van der Waals surface area contributed by atoms with Gasteiger partial charge < -0.3 is 10.6 Å². The van der Waals surface area contributed by atoms with E-state index < -0.39 is 11.6 Å². The van der Waals surface area contributed by atoms with Crippen LogP contribution in [0.25, 0.3) is 0 Å². The van der Waals surface area contributed by atoms with E-state index in [1.807, 2.05) is 0 Å². The molecule has 1 aliphatic carbocycles. The van der Waals surface area contributed by atoms with Crippen LogP contribution >= 0.6 is 12.6 Å². The molecule has 6 nitrogen and oxygen atoms in total. The van der Waals surface area contributed by atoms with Crippen LogP contribution in [0.15, 0.2) is 0 Å². The molecule has 1 heterocycles. The first-order valence-corrected chi connectivity index (χ1v) is 5.73. The molecule has 0 aromatic heterocycles. The standard InChI is InChI=1S/C9H13N3O3S/c13-6(1-2-16)10-5-3-9(4-5)7(14)11-8(15)12-9/h5,16H,1-4H2,(H,10,13)(H2,11,12,14,15). The van der Waals surface area contributed by atoms with Gasteiger partial charge in [-0.25, -0.2) is 4.79 Å². The lowest BCUT2D eigenvalue weighted by molar-refractivity contribution is -0.130. The minimum atomic E-state index is -0.782. The zero-order chi connectivity index (χ0) is 11.8. The number of hydrogen-bond donors (Lipinski definition) is 4. The zero-order valence-electron chi connectivity index (χ0n) is 8.58. The van der Waals surface area contributed by atoms with Crippen molar-refractivity contribution in [1.82, 2.24) is 16.0 Å². The quantitative estimate of drug-likeness (QED) is 0.385. The van der Waals surface area contributed by atoms with Gasteiger partial charge in [0, 0.05) is 12.5 Å². The van der Waals surface area contributed by atoms with E-state index in [1.54, 1.807) is 0 Å². The molecule has 2 rings (SSSR count). The van der Waals surface area contributed by atoms with E-state index in [2.05, 4.69) is 28.6 Å². The first-order chi connectivity index (χ1) is 7.55. The van der Waals surface area contributed by atoms with E-state index >= 15 is 0 Å². The first-order valence-electron chi connectivity index (χ1n) is 5.09. The number of carbonyl (C=O) groups is 3. The Bertz CT molecular complexity index is 352. The molecule has 16 heavy (non-hydrogen) atoms. The topological polar surface area (TPSA) is 87.3 Å². The maximum absolute atomic E-state index is 11.4. The van der Waals surface area contributed by atoms with Gasteiger partial charge in [0.25, 0.3) is 5.91 Å². The van der Waals surface area contributed by atoms with Crippen LogP contribution in [0.4, 0.5) is 4.79 Å². The molecule has 1 spiro atoms. The molecule has 1 saturated carbocycles. The molecule has 0 unspecified atom stereocenters. The van der Waals surface area contributed by atoms with Crippen molar-refractivity contribution in [3.63, 3.8) is 0 Å². The molecule has 0 aromatic rings. The number of nitrogens with one attached hydrogen (secondary N) is 3. The number of carbonyl (C=O) groups excluding carboxylic acids is 3. The fraction of sp³-hybridized carbons (Fsp3) is 0.667. The molecule has 1 saturated heterocycles. The molecular formula is C9H13N3O3S. The number of urea groups is 1. The Hall–Kier alpha value is -1.24. The van der Waals surface area contributed by atoms with Gasteiger partial charge in [-0.15, -0.1) is 0 Å². The van der Waals surface area contributed by atoms with Gasteiger partial charge in [-0.2, -0.15) is 12.6 Å². The van der Waals surface area contributed by atoms with Crippen molar-refractivity contribution >= 4 is 30.5 Å². The highest BCUT2D eigenvalue weighted by atomic mass is 32.1. The predicted octanol–water partition coefficient (Wildman–Crippen LogP) is -0.837. The average molecular weight is 243 g/mol. The van der Waals surface area contributed by atoms with Crippen molar-refractivity contribution in [2.45, 2.75) is 30.8 Å². The second kappa shape index (κ2) is 3.97. The molecule has 7 heteroatoms. The molecule has 0 aromatic carbocycles. The zero-order valence-corrected chi connectivity index (χ0v) is 9.47. The Morgan fingerprint density at radius 1 is 1.50 bits per heavy atom. The lowest BCUT2D eigenvalue weighted by atomic mass is 9.72. The fourth-order valence-electron chi connectivity index (χ4n) is 2.10. The van der Waals surface area contributed by atoms with Gasteiger partial charge in [0.05, 0.1) is 0 Å². The number of amides is 4. The summed E-state index contributed by atoms with van der Waals surface area (Å²) < 4.78 is 0. The van der Waals surface area contributed by atoms with Gasteiger partial charge in [0.1, 0.15) is 5.54 Å². The van der Waals surface area contributed by atoms with Crippen molar-refractivity contribution < 1.29 is 14.4 Å². The normalized spacial score (nSPS) is 31.9. The molecular weight excluding hydrogens is 230 g/mol. The molecule has 3 N–H and O–H groups in total. The third-order valence-corrected chi connectivity index (χ3v) is 3.13. The number of rotatable bonds is 3. The Morgan fingerprint density at radius 3 is 2.69 bits per heavy atom. The van der Waals surface area contributed by atoms with Crippen molar-refractivity contribution in [2.24, 2.45) is 0 Å². The summed E-state index contributed by atoms with van der Waals surface area (Å²) in [7, 11) is 0. The summed E-state index contributed by atoms with van der Waals surface area (Å²) >= 11 is 3.95. The van der Waals surface area contributed by atoms with E-state index in [0.29, 0.717) is 25.0 Å². The Labute approximate surface area is 97.9 Å². The van der Waals surface area contributed by atoms with E-state index in [4.69, 9.17) is 0 Å². The fourth-order valence-corrected chi connectivity index (χ4v) is 2.30. The van der Waals surface area contributed by atoms with Gasteiger partial charge >= 0.3 is 6.03 Å². The number of imide groups is 1. The molecule has 0 bridgehead atoms. The maximum atomic E-state index is 11.4. The van der Waals surface area contributed by atoms with Crippen molar-refractivity contribution in [3.05, 3.63) is 0 Å². The lowest BCUT2D eigenvalue weighted by Crippen LogP contribution is -2.63. The van der Waals surface area contributed by atoms with Crippen molar-refractivity contribution in [1.29, 1.82) is 0 Å². The third kappa shape index (κ3) is 1.87. The summed E-state index contributed by atoms with van der Waals surface area (Å²) in [4.78, 5) is 33.6. The summed E-state index contributed by atoms with van der Waals surface area (Å²) in [6, 6.07) is -0.485. The van der Waals surface area contributed by atoms with Crippen LogP contribution in [0.1, 0.15) is 19.3 Å². The summed E-state index contributed by atoms with van der Waals surface area (Å²) in [6.07, 6.45) is 1.29. The van der Waals surface area contributed by atoms with Crippen molar-refractivity contribution in [2.75, 3.05) is 5.75 Å². The van der Waals surface area contributed by atoms with Crippen LogP contribution in [-0.2, 0) is 9.59 Å². The highest BCUT2D eigenvalue weighted by Crippen LogP contribution is 2.34. The SMILES string of the molecule is O=C(CCS)NC1CC2(C1)NC(=O)NC2=O. The Morgan fingerprint density at radius 2 is 2.19 bits per heavy atom. The minimum Gasteiger partial charge on any atom is -0.353 e. The van der Waals surface area contributed by atoms with Gasteiger partial charge in [0.2, 0.25) is 5.91 Å². The smallest absolute Gasteiger partial charge is 0.322 e. The summed E-state index contributed by atoms with van der Waals surface area (Å²) in [5.74, 6) is 0.137. The monoisotopic (exact) mass is 243 g/mol. The molecule has 0 radical (unpaired) electrons. The van der Waals surface area contributed by atoms with Crippen LogP contribution in [0, 0.1) is 0 Å². The van der Waals surface area contributed by atoms with Crippen LogP contribution in [0.5, 0.6) is 0 Å². The molecule has 0 atom stereocenters. The average Bonchev–Trinajstić information content (AvgIpc) is 2.41. The molecule has 88 valence electrons. The maximum Gasteiger partial charge on any atom is 0.322 e. The van der Waals surface area contributed by atoms with Gasteiger partial charge in [-0.1, -0.05) is 0 Å². The lowest BCUT2D eigenvalue weighted by Gasteiger charge is -2.42. The first kappa shape index (κ1) is 11.3. The minimum absolute atomic E-state index is 0.0310. The van der Waals surface area contributed by atoms with E-state index in [1.165, 1.54) is 0 Å². The number of thiol groups is 1. The Kier molecular flexibility index (Phi) is 2.79. The van der Waals surface area contributed by atoms with Gasteiger partial charge in [-0.3, -0.25) is 14.9 Å². The highest BCUT2D eigenvalue weighted by molar-refractivity contribution is 7.80. The third-order valence-electron chi connectivity index (χ3n) is 2.91. The Balaban J connectivity index is 1.83. The van der Waals surface area contributed by atoms with Crippen LogP contribution in [0.3, 0.4) is 0 Å². The number of hydrogen-bond acceptors (Lipinski definition) is 4. The summed E-state index contributed by atoms with van der Waals surface area (Å²) in [5.41, 5.74) is -0.782. The summed E-state index contributed by atoms with van der Waals surface area (Å²) in [5, 5.41) is 7.57. The predicted molar refractivity (Wildman–Crippen MR) is 59.0 cm³/mol. The van der Waals surface area contributed by atoms with Crippen molar-refractivity contribution in [3.8, 4) is 0 Å². The second-order valence-corrected chi connectivity index (χ2v) is 4.58. The van der Waals surface area contributed by atoms with E-state index in [-0.39, 0.29) is 17.9 Å². The van der Waals surface area contributed by atoms with E-state index in [0.717, 1.165) is 0 Å².